The van der Waals surface area contributed by atoms with Gasteiger partial charge in [-0.05, 0) is 24.8 Å². The zero-order valence-corrected chi connectivity index (χ0v) is 11.5. The van der Waals surface area contributed by atoms with E-state index in [1.807, 2.05) is 13.8 Å². The number of piperidine rings is 1. The lowest BCUT2D eigenvalue weighted by Gasteiger charge is -2.43. The Labute approximate surface area is 103 Å². The molecule has 17 heavy (non-hydrogen) atoms. The van der Waals surface area contributed by atoms with Crippen molar-refractivity contribution in [2.45, 2.75) is 32.7 Å². The highest BCUT2D eigenvalue weighted by atomic mass is 32.2. The molecule has 0 radical (unpaired) electrons. The molecule has 1 rings (SSSR count). The number of carboxylic acid groups (broad SMARTS) is 1. The molecule has 5 nitrogen and oxygen atoms in total. The summed E-state index contributed by atoms with van der Waals surface area (Å²) in [5.74, 6) is -0.837. The molecule has 1 fully saturated rings. The quantitative estimate of drug-likeness (QED) is 0.804. The first-order valence-corrected chi connectivity index (χ1v) is 7.84. The van der Waals surface area contributed by atoms with Gasteiger partial charge in [0.05, 0.1) is 5.75 Å². The van der Waals surface area contributed by atoms with Crippen molar-refractivity contribution in [2.24, 2.45) is 5.41 Å². The van der Waals surface area contributed by atoms with Crippen molar-refractivity contribution in [1.29, 1.82) is 0 Å². The van der Waals surface area contributed by atoms with Crippen LogP contribution in [0.3, 0.4) is 0 Å². The topological polar surface area (TPSA) is 74.7 Å². The summed E-state index contributed by atoms with van der Waals surface area (Å²) < 4.78 is 22.3. The molecule has 6 heteroatoms. The Hall–Kier alpha value is -0.620. The second-order valence-electron chi connectivity index (χ2n) is 5.50. The molecule has 0 aromatic carbocycles. The van der Waals surface area contributed by atoms with E-state index < -0.39 is 21.8 Å². The molecule has 0 spiro atoms. The van der Waals surface area contributed by atoms with Crippen molar-refractivity contribution in [3.63, 3.8) is 0 Å². The number of likely N-dealkylation sites (tertiary alicyclic amines) is 1. The molecule has 0 amide bonds. The summed E-state index contributed by atoms with van der Waals surface area (Å²) in [4.78, 5) is 13.1. The number of nitrogens with zero attached hydrogens (tertiary/aromatic N) is 1. The zero-order valence-electron chi connectivity index (χ0n) is 10.6. The number of hydrogen-bond acceptors (Lipinski definition) is 4. The van der Waals surface area contributed by atoms with Gasteiger partial charge in [-0.15, -0.1) is 0 Å². The van der Waals surface area contributed by atoms with Crippen LogP contribution in [0.1, 0.15) is 26.7 Å². The van der Waals surface area contributed by atoms with Gasteiger partial charge in [-0.2, -0.15) is 0 Å². The standard InChI is InChI=1S/C11H21NO4S/c1-11(2)5-4-6-12(9(11)10(13)14)7-8-17(3,15)16/h9H,4-8H2,1-3H3,(H,13,14). The number of hydrogen-bond donors (Lipinski definition) is 1. The summed E-state index contributed by atoms with van der Waals surface area (Å²) >= 11 is 0. The predicted molar refractivity (Wildman–Crippen MR) is 65.7 cm³/mol. The summed E-state index contributed by atoms with van der Waals surface area (Å²) in [6, 6.07) is -0.585. The molecular weight excluding hydrogens is 242 g/mol. The molecule has 0 aromatic rings. The number of rotatable bonds is 4. The fourth-order valence-electron chi connectivity index (χ4n) is 2.51. The largest absolute Gasteiger partial charge is 0.480 e. The van der Waals surface area contributed by atoms with Crippen LogP contribution in [0.25, 0.3) is 0 Å². The summed E-state index contributed by atoms with van der Waals surface area (Å²) in [6.45, 7) is 4.83. The van der Waals surface area contributed by atoms with Crippen LogP contribution in [-0.4, -0.2) is 55.5 Å². The second-order valence-corrected chi connectivity index (χ2v) is 7.76. The lowest BCUT2D eigenvalue weighted by Crippen LogP contribution is -2.55. The van der Waals surface area contributed by atoms with Gasteiger partial charge < -0.3 is 5.11 Å². The highest BCUT2D eigenvalue weighted by Crippen LogP contribution is 2.35. The summed E-state index contributed by atoms with van der Waals surface area (Å²) in [7, 11) is -3.04. The van der Waals surface area contributed by atoms with Gasteiger partial charge in [0.1, 0.15) is 15.9 Å². The molecule has 0 aliphatic carbocycles. The third kappa shape index (κ3) is 3.96. The van der Waals surface area contributed by atoms with Crippen LogP contribution in [0, 0.1) is 5.41 Å². The van der Waals surface area contributed by atoms with Crippen molar-refractivity contribution in [3.8, 4) is 0 Å². The molecule has 1 unspecified atom stereocenters. The summed E-state index contributed by atoms with van der Waals surface area (Å²) in [5.41, 5.74) is -0.304. The molecule has 1 heterocycles. The second kappa shape index (κ2) is 4.94. The van der Waals surface area contributed by atoms with Gasteiger partial charge in [0.25, 0.3) is 0 Å². The van der Waals surface area contributed by atoms with Crippen LogP contribution in [0.4, 0.5) is 0 Å². The SMILES string of the molecule is CC1(C)CCCN(CCS(C)(=O)=O)C1C(=O)O. The number of sulfone groups is 1. The van der Waals surface area contributed by atoms with Gasteiger partial charge in [-0.3, -0.25) is 9.69 Å². The van der Waals surface area contributed by atoms with Crippen molar-refractivity contribution in [3.05, 3.63) is 0 Å². The van der Waals surface area contributed by atoms with Crippen LogP contribution < -0.4 is 0 Å². The van der Waals surface area contributed by atoms with Crippen molar-refractivity contribution in [2.75, 3.05) is 25.1 Å². The van der Waals surface area contributed by atoms with Crippen molar-refractivity contribution < 1.29 is 18.3 Å². The Morgan fingerprint density at radius 3 is 2.53 bits per heavy atom. The minimum Gasteiger partial charge on any atom is -0.480 e. The first-order valence-electron chi connectivity index (χ1n) is 5.78. The zero-order chi connectivity index (χ0) is 13.3. The maximum atomic E-state index is 11.3. The van der Waals surface area contributed by atoms with Gasteiger partial charge in [0.2, 0.25) is 0 Å². The Morgan fingerprint density at radius 1 is 1.47 bits per heavy atom. The molecule has 1 N–H and O–H groups in total. The predicted octanol–water partition coefficient (Wildman–Crippen LogP) is 0.606. The molecule has 0 bridgehead atoms. The number of carboxylic acids is 1. The van der Waals surface area contributed by atoms with Gasteiger partial charge >= 0.3 is 5.97 Å². The molecular formula is C11H21NO4S. The molecule has 1 aliphatic rings. The lowest BCUT2D eigenvalue weighted by atomic mass is 9.76. The van der Waals surface area contributed by atoms with E-state index in [1.165, 1.54) is 6.26 Å². The maximum absolute atomic E-state index is 11.3. The van der Waals surface area contributed by atoms with E-state index in [-0.39, 0.29) is 11.2 Å². The molecule has 0 saturated carbocycles. The Kier molecular flexibility index (Phi) is 4.19. The average Bonchev–Trinajstić information content (AvgIpc) is 2.11. The van der Waals surface area contributed by atoms with Crippen LogP contribution >= 0.6 is 0 Å². The van der Waals surface area contributed by atoms with E-state index in [2.05, 4.69) is 0 Å². The van der Waals surface area contributed by atoms with Crippen LogP contribution in [-0.2, 0) is 14.6 Å². The summed E-state index contributed by atoms with van der Waals surface area (Å²) in [5, 5.41) is 9.28. The van der Waals surface area contributed by atoms with E-state index >= 15 is 0 Å². The molecule has 1 aliphatic heterocycles. The molecule has 1 saturated heterocycles. The maximum Gasteiger partial charge on any atom is 0.321 e. The van der Waals surface area contributed by atoms with Gasteiger partial charge in [0.15, 0.2) is 0 Å². The number of aliphatic carboxylic acids is 1. The smallest absolute Gasteiger partial charge is 0.321 e. The third-order valence-electron chi connectivity index (χ3n) is 3.36. The fraction of sp³-hybridized carbons (Fsp3) is 0.909. The lowest BCUT2D eigenvalue weighted by molar-refractivity contribution is -0.150. The Morgan fingerprint density at radius 2 is 2.06 bits per heavy atom. The van der Waals surface area contributed by atoms with E-state index in [0.717, 1.165) is 12.8 Å². The van der Waals surface area contributed by atoms with Crippen molar-refractivity contribution >= 4 is 15.8 Å². The Balaban J connectivity index is 2.78. The van der Waals surface area contributed by atoms with E-state index in [1.54, 1.807) is 4.90 Å². The minimum atomic E-state index is -3.04. The van der Waals surface area contributed by atoms with Crippen molar-refractivity contribution in [1.82, 2.24) is 4.90 Å². The molecule has 1 atom stereocenters. The first kappa shape index (κ1) is 14.4. The molecule has 100 valence electrons. The summed E-state index contributed by atoms with van der Waals surface area (Å²) in [6.07, 6.45) is 2.96. The fourth-order valence-corrected chi connectivity index (χ4v) is 3.08. The van der Waals surface area contributed by atoms with Crippen LogP contribution in [0.15, 0.2) is 0 Å². The molecule has 0 aromatic heterocycles. The minimum absolute atomic E-state index is 0.0207. The van der Waals surface area contributed by atoms with E-state index in [9.17, 15) is 18.3 Å². The average molecular weight is 263 g/mol. The first-order chi connectivity index (χ1) is 7.63. The third-order valence-corrected chi connectivity index (χ3v) is 4.28. The van der Waals surface area contributed by atoms with Crippen LogP contribution in [0.2, 0.25) is 0 Å². The Bertz CT molecular complexity index is 388. The normalized spacial score (nSPS) is 25.7. The van der Waals surface area contributed by atoms with Crippen LogP contribution in [0.5, 0.6) is 0 Å². The van der Waals surface area contributed by atoms with Gasteiger partial charge in [-0.1, -0.05) is 13.8 Å². The van der Waals surface area contributed by atoms with Gasteiger partial charge in [0, 0.05) is 12.8 Å². The highest BCUT2D eigenvalue weighted by molar-refractivity contribution is 7.90. The van der Waals surface area contributed by atoms with E-state index in [0.29, 0.717) is 13.1 Å². The van der Waals surface area contributed by atoms with E-state index in [4.69, 9.17) is 0 Å². The van der Waals surface area contributed by atoms with Gasteiger partial charge in [-0.25, -0.2) is 8.42 Å². The monoisotopic (exact) mass is 263 g/mol. The highest BCUT2D eigenvalue weighted by Gasteiger charge is 2.42. The number of carbonyl (C=O) groups is 1.